The summed E-state index contributed by atoms with van der Waals surface area (Å²) >= 11 is 12.2. The van der Waals surface area contributed by atoms with Crippen LogP contribution in [0.4, 0.5) is 5.69 Å². The summed E-state index contributed by atoms with van der Waals surface area (Å²) in [5, 5.41) is 4.52. The van der Waals surface area contributed by atoms with E-state index in [1.807, 2.05) is 19.1 Å². The Morgan fingerprint density at radius 3 is 2.71 bits per heavy atom. The Balaban J connectivity index is 2.12. The summed E-state index contributed by atoms with van der Waals surface area (Å²) in [5.41, 5.74) is 2.61. The zero-order chi connectivity index (χ0) is 12.3. The van der Waals surface area contributed by atoms with E-state index in [2.05, 4.69) is 15.3 Å². The van der Waals surface area contributed by atoms with Crippen LogP contribution in [0, 0.1) is 6.92 Å². The minimum atomic E-state index is 0.562. The maximum atomic E-state index is 6.11. The molecule has 0 saturated heterocycles. The molecule has 0 radical (unpaired) electrons. The van der Waals surface area contributed by atoms with Crippen molar-refractivity contribution < 1.29 is 0 Å². The molecule has 1 aromatic heterocycles. The first-order valence-electron chi connectivity index (χ1n) is 5.11. The molecule has 0 bridgehead atoms. The summed E-state index contributed by atoms with van der Waals surface area (Å²) in [7, 11) is 0. The molecule has 88 valence electrons. The first-order chi connectivity index (χ1) is 8.16. The fourth-order valence-electron chi connectivity index (χ4n) is 1.39. The van der Waals surface area contributed by atoms with E-state index in [-0.39, 0.29) is 0 Å². The average molecular weight is 268 g/mol. The summed E-state index contributed by atoms with van der Waals surface area (Å²) in [5.74, 6) is 0. The quantitative estimate of drug-likeness (QED) is 0.922. The Morgan fingerprint density at radius 1 is 1.18 bits per heavy atom. The van der Waals surface area contributed by atoms with Crippen LogP contribution in [0.3, 0.4) is 0 Å². The van der Waals surface area contributed by atoms with Gasteiger partial charge in [-0.1, -0.05) is 23.2 Å². The van der Waals surface area contributed by atoms with Crippen LogP contribution in [-0.4, -0.2) is 9.97 Å². The van der Waals surface area contributed by atoms with E-state index in [1.165, 1.54) is 0 Å². The monoisotopic (exact) mass is 267 g/mol. The van der Waals surface area contributed by atoms with Gasteiger partial charge in [0, 0.05) is 17.4 Å². The van der Waals surface area contributed by atoms with Crippen molar-refractivity contribution in [3.8, 4) is 0 Å². The number of benzene rings is 1. The standard InChI is InChI=1S/C12H11Cl2N3/c1-8-4-11(14)12(5-10(8)13)17-7-9-6-15-2-3-16-9/h2-6,17H,7H2,1H3. The molecule has 0 unspecified atom stereocenters. The van der Waals surface area contributed by atoms with Gasteiger partial charge in [0.1, 0.15) is 0 Å². The van der Waals surface area contributed by atoms with Crippen molar-refractivity contribution in [2.45, 2.75) is 13.5 Å². The number of aromatic nitrogens is 2. The Kier molecular flexibility index (Phi) is 3.82. The highest BCUT2D eigenvalue weighted by Gasteiger charge is 2.04. The SMILES string of the molecule is Cc1cc(Cl)c(NCc2cnccn2)cc1Cl. The summed E-state index contributed by atoms with van der Waals surface area (Å²) in [4.78, 5) is 8.15. The lowest BCUT2D eigenvalue weighted by Gasteiger charge is -2.09. The number of nitrogens with one attached hydrogen (secondary N) is 1. The summed E-state index contributed by atoms with van der Waals surface area (Å²) < 4.78 is 0. The summed E-state index contributed by atoms with van der Waals surface area (Å²) in [6.07, 6.45) is 5.00. The first kappa shape index (κ1) is 12.1. The predicted octanol–water partition coefficient (Wildman–Crippen LogP) is 3.70. The van der Waals surface area contributed by atoms with Crippen LogP contribution < -0.4 is 5.32 Å². The van der Waals surface area contributed by atoms with Crippen LogP contribution in [0.5, 0.6) is 0 Å². The predicted molar refractivity (Wildman–Crippen MR) is 70.6 cm³/mol. The van der Waals surface area contributed by atoms with E-state index in [9.17, 15) is 0 Å². The minimum absolute atomic E-state index is 0.562. The second kappa shape index (κ2) is 5.34. The molecule has 0 aliphatic carbocycles. The molecular formula is C12H11Cl2N3. The van der Waals surface area contributed by atoms with Crippen LogP contribution >= 0.6 is 23.2 Å². The first-order valence-corrected chi connectivity index (χ1v) is 5.87. The van der Waals surface area contributed by atoms with Gasteiger partial charge in [0.25, 0.3) is 0 Å². The normalized spacial score (nSPS) is 10.3. The lowest BCUT2D eigenvalue weighted by Crippen LogP contribution is -2.02. The third kappa shape index (κ3) is 3.08. The average Bonchev–Trinajstić information content (AvgIpc) is 2.33. The van der Waals surface area contributed by atoms with E-state index < -0.39 is 0 Å². The number of nitrogens with zero attached hydrogens (tertiary/aromatic N) is 2. The number of hydrogen-bond donors (Lipinski definition) is 1. The Labute approximate surface area is 110 Å². The smallest absolute Gasteiger partial charge is 0.0777 e. The zero-order valence-electron chi connectivity index (χ0n) is 9.24. The zero-order valence-corrected chi connectivity index (χ0v) is 10.8. The molecule has 0 spiro atoms. The van der Waals surface area contributed by atoms with E-state index >= 15 is 0 Å². The number of hydrogen-bond acceptors (Lipinski definition) is 3. The highest BCUT2D eigenvalue weighted by atomic mass is 35.5. The highest BCUT2D eigenvalue weighted by Crippen LogP contribution is 2.28. The van der Waals surface area contributed by atoms with Crippen molar-refractivity contribution in [2.75, 3.05) is 5.32 Å². The fourth-order valence-corrected chi connectivity index (χ4v) is 1.84. The molecule has 1 N–H and O–H groups in total. The molecule has 17 heavy (non-hydrogen) atoms. The maximum absolute atomic E-state index is 6.11. The molecule has 0 atom stereocenters. The molecule has 0 aliphatic rings. The van der Waals surface area contributed by atoms with Crippen molar-refractivity contribution in [1.82, 2.24) is 9.97 Å². The van der Waals surface area contributed by atoms with Gasteiger partial charge in [-0.2, -0.15) is 0 Å². The van der Waals surface area contributed by atoms with Crippen molar-refractivity contribution in [3.63, 3.8) is 0 Å². The van der Waals surface area contributed by atoms with Gasteiger partial charge < -0.3 is 5.32 Å². The van der Waals surface area contributed by atoms with E-state index in [4.69, 9.17) is 23.2 Å². The molecule has 0 saturated carbocycles. The third-order valence-corrected chi connectivity index (χ3v) is 3.04. The van der Waals surface area contributed by atoms with Crippen molar-refractivity contribution in [3.05, 3.63) is 52.0 Å². The van der Waals surface area contributed by atoms with Gasteiger partial charge in [-0.05, 0) is 24.6 Å². The van der Waals surface area contributed by atoms with E-state index in [1.54, 1.807) is 18.6 Å². The third-order valence-electron chi connectivity index (χ3n) is 2.32. The van der Waals surface area contributed by atoms with Crippen LogP contribution in [0.1, 0.15) is 11.3 Å². The molecule has 0 amide bonds. The van der Waals surface area contributed by atoms with Gasteiger partial charge in [-0.25, -0.2) is 0 Å². The molecule has 5 heteroatoms. The molecule has 3 nitrogen and oxygen atoms in total. The lowest BCUT2D eigenvalue weighted by atomic mass is 10.2. The topological polar surface area (TPSA) is 37.8 Å². The van der Waals surface area contributed by atoms with Gasteiger partial charge in [0.2, 0.25) is 0 Å². The largest absolute Gasteiger partial charge is 0.378 e. The summed E-state index contributed by atoms with van der Waals surface area (Å²) in [6.45, 7) is 2.48. The van der Waals surface area contributed by atoms with Gasteiger partial charge in [-0.15, -0.1) is 0 Å². The Hall–Kier alpha value is -1.32. The molecular weight excluding hydrogens is 257 g/mol. The lowest BCUT2D eigenvalue weighted by molar-refractivity contribution is 1.01. The molecule has 2 aromatic rings. The molecule has 0 aliphatic heterocycles. The number of halogens is 2. The molecule has 1 aromatic carbocycles. The van der Waals surface area contributed by atoms with Crippen molar-refractivity contribution in [1.29, 1.82) is 0 Å². The Bertz CT molecular complexity index is 515. The Morgan fingerprint density at radius 2 is 2.00 bits per heavy atom. The summed E-state index contributed by atoms with van der Waals surface area (Å²) in [6, 6.07) is 3.65. The fraction of sp³-hybridized carbons (Fsp3) is 0.167. The van der Waals surface area contributed by atoms with Crippen LogP contribution in [0.15, 0.2) is 30.7 Å². The highest BCUT2D eigenvalue weighted by molar-refractivity contribution is 6.35. The van der Waals surface area contributed by atoms with Crippen LogP contribution in [0.2, 0.25) is 10.0 Å². The second-order valence-electron chi connectivity index (χ2n) is 3.63. The van der Waals surface area contributed by atoms with Gasteiger partial charge in [0.05, 0.1) is 29.1 Å². The van der Waals surface area contributed by atoms with Gasteiger partial charge in [0.15, 0.2) is 0 Å². The molecule has 0 fully saturated rings. The molecule has 1 heterocycles. The number of aryl methyl sites for hydroxylation is 1. The second-order valence-corrected chi connectivity index (χ2v) is 4.45. The van der Waals surface area contributed by atoms with Crippen LogP contribution in [0.25, 0.3) is 0 Å². The number of rotatable bonds is 3. The van der Waals surface area contributed by atoms with Crippen LogP contribution in [-0.2, 0) is 6.54 Å². The van der Waals surface area contributed by atoms with Gasteiger partial charge in [-0.3, -0.25) is 9.97 Å². The number of anilines is 1. The molecule has 2 rings (SSSR count). The van der Waals surface area contributed by atoms with Gasteiger partial charge >= 0.3 is 0 Å². The van der Waals surface area contributed by atoms with Crippen molar-refractivity contribution in [2.24, 2.45) is 0 Å². The van der Waals surface area contributed by atoms with E-state index in [0.29, 0.717) is 16.6 Å². The van der Waals surface area contributed by atoms with E-state index in [0.717, 1.165) is 16.9 Å². The van der Waals surface area contributed by atoms with Crippen molar-refractivity contribution >= 4 is 28.9 Å². The maximum Gasteiger partial charge on any atom is 0.0777 e. The minimum Gasteiger partial charge on any atom is -0.378 e.